The maximum absolute atomic E-state index is 9.10. The zero-order chi connectivity index (χ0) is 5.15. The van der Waals surface area contributed by atoms with E-state index in [2.05, 4.69) is 0 Å². The fourth-order valence-corrected chi connectivity index (χ4v) is 0. The molecule has 0 rings (SSSR count). The topological polar surface area (TPSA) is 106 Å². The van der Waals surface area contributed by atoms with Gasteiger partial charge in [-0.1, -0.05) is 0 Å². The molecule has 6 heteroatoms. The Morgan fingerprint density at radius 3 is 1.12 bits per heavy atom. The summed E-state index contributed by atoms with van der Waals surface area (Å²) in [6.45, 7) is 0. The van der Waals surface area contributed by atoms with Crippen molar-refractivity contribution in [2.75, 3.05) is 0 Å². The van der Waals surface area contributed by atoms with Crippen LogP contribution in [0, 0.1) is 41.3 Å². The molecule has 4 N–H and O–H groups in total. The van der Waals surface area contributed by atoms with Gasteiger partial charge in [0.15, 0.2) is 0 Å². The number of aliphatic carboxylic acids is 2. The molecule has 0 atom stereocenters. The minimum atomic E-state index is -1.82. The third-order valence-corrected chi connectivity index (χ3v) is 0.183. The van der Waals surface area contributed by atoms with Crippen molar-refractivity contribution in [1.29, 1.82) is 0 Å². The molecule has 0 spiro atoms. The zero-order valence-electron chi connectivity index (χ0n) is 3.79. The van der Waals surface area contributed by atoms with Crippen LogP contribution in [-0.2, 0) is 9.59 Å². The first-order valence-corrected chi connectivity index (χ1v) is 1.11. The number of carbonyl (C=O) groups is 2. The van der Waals surface area contributed by atoms with Gasteiger partial charge in [0.1, 0.15) is 0 Å². The van der Waals surface area contributed by atoms with E-state index >= 15 is 0 Å². The van der Waals surface area contributed by atoms with E-state index in [1.807, 2.05) is 0 Å². The molecule has 5 nitrogen and oxygen atoms in total. The second-order valence-electron chi connectivity index (χ2n) is 0.610. The van der Waals surface area contributed by atoms with E-state index in [0.717, 1.165) is 0 Å². The predicted molar refractivity (Wildman–Crippen MR) is 18.9 cm³/mol. The van der Waals surface area contributed by atoms with Crippen molar-refractivity contribution in [3.05, 3.63) is 0 Å². The summed E-state index contributed by atoms with van der Waals surface area (Å²) in [5.41, 5.74) is 0. The number of hydrogen-bond donors (Lipinski definition) is 2. The zero-order valence-corrected chi connectivity index (χ0v) is 7.49. The van der Waals surface area contributed by atoms with Gasteiger partial charge in [-0.2, -0.15) is 0 Å². The van der Waals surface area contributed by atoms with E-state index in [4.69, 9.17) is 19.8 Å². The second-order valence-corrected chi connectivity index (χ2v) is 0.610. The first kappa shape index (κ1) is 15.7. The van der Waals surface area contributed by atoms with Crippen LogP contribution in [0.4, 0.5) is 0 Å². The molecule has 0 saturated carbocycles. The molecule has 0 aromatic carbocycles. The van der Waals surface area contributed by atoms with Gasteiger partial charge in [0.2, 0.25) is 0 Å². The SMILES string of the molecule is O.O=C(O)C(=O)O.[Pr]. The Kier molecular flexibility index (Phi) is 14.3. The summed E-state index contributed by atoms with van der Waals surface area (Å²) >= 11 is 0. The van der Waals surface area contributed by atoms with Crippen LogP contribution in [0.25, 0.3) is 0 Å². The first-order valence-electron chi connectivity index (χ1n) is 1.11. The summed E-state index contributed by atoms with van der Waals surface area (Å²) in [7, 11) is 0. The normalized spacial score (nSPS) is 5.50. The Morgan fingerprint density at radius 1 is 1.00 bits per heavy atom. The van der Waals surface area contributed by atoms with Crippen LogP contribution in [-0.4, -0.2) is 27.6 Å². The fourth-order valence-electron chi connectivity index (χ4n) is 0. The summed E-state index contributed by atoms with van der Waals surface area (Å²) in [6, 6.07) is 0. The van der Waals surface area contributed by atoms with Crippen molar-refractivity contribution in [2.45, 2.75) is 0 Å². The van der Waals surface area contributed by atoms with E-state index < -0.39 is 11.9 Å². The predicted octanol–water partition coefficient (Wildman–Crippen LogP) is -1.67. The Morgan fingerprint density at radius 2 is 1.12 bits per heavy atom. The van der Waals surface area contributed by atoms with E-state index in [-0.39, 0.29) is 46.8 Å². The minimum absolute atomic E-state index is 0. The van der Waals surface area contributed by atoms with Gasteiger partial charge >= 0.3 is 11.9 Å². The van der Waals surface area contributed by atoms with Crippen molar-refractivity contribution < 1.29 is 66.6 Å². The number of hydrogen-bond acceptors (Lipinski definition) is 2. The third kappa shape index (κ3) is 9.55. The van der Waals surface area contributed by atoms with E-state index in [1.165, 1.54) is 0 Å². The first-order chi connectivity index (χ1) is 2.64. The summed E-state index contributed by atoms with van der Waals surface area (Å²) in [5, 5.41) is 14.8. The molecule has 45 valence electrons. The molecule has 0 unspecified atom stereocenters. The number of carboxylic acids is 2. The van der Waals surface area contributed by atoms with Crippen molar-refractivity contribution in [3.8, 4) is 0 Å². The van der Waals surface area contributed by atoms with Crippen LogP contribution < -0.4 is 0 Å². The monoisotopic (exact) mass is 249 g/mol. The Labute approximate surface area is 78.0 Å². The van der Waals surface area contributed by atoms with Crippen LogP contribution in [0.15, 0.2) is 0 Å². The molecule has 0 aromatic rings. The number of rotatable bonds is 0. The Hall–Kier alpha value is 0.264. The van der Waals surface area contributed by atoms with Gasteiger partial charge in [0.05, 0.1) is 0 Å². The van der Waals surface area contributed by atoms with Gasteiger partial charge < -0.3 is 15.7 Å². The molecule has 0 aliphatic heterocycles. The van der Waals surface area contributed by atoms with Crippen LogP contribution in [0.2, 0.25) is 0 Å². The van der Waals surface area contributed by atoms with Crippen molar-refractivity contribution >= 4 is 11.9 Å². The molecule has 0 aliphatic rings. The van der Waals surface area contributed by atoms with Crippen LogP contribution in [0.3, 0.4) is 0 Å². The molecular weight excluding hydrogens is 245 g/mol. The van der Waals surface area contributed by atoms with Gasteiger partial charge in [0.25, 0.3) is 0 Å². The average molecular weight is 249 g/mol. The summed E-state index contributed by atoms with van der Waals surface area (Å²) < 4.78 is 0. The van der Waals surface area contributed by atoms with Gasteiger partial charge in [-0.05, 0) is 0 Å². The maximum atomic E-state index is 9.10. The van der Waals surface area contributed by atoms with Gasteiger partial charge in [0, 0.05) is 41.3 Å². The largest absolute Gasteiger partial charge is 0.473 e. The molecule has 0 saturated heterocycles. The Bertz CT molecular complexity index is 76.4. The fraction of sp³-hybridized carbons (Fsp3) is 0. The standard InChI is InChI=1S/C2H2O4.H2O.Pr/c3-1(4)2(5)6;;/h(H,3,4)(H,5,6);1H2;. The molecule has 1 radical (unpaired) electrons. The van der Waals surface area contributed by atoms with Gasteiger partial charge in [-0.25, -0.2) is 9.59 Å². The van der Waals surface area contributed by atoms with Gasteiger partial charge in [-0.3, -0.25) is 0 Å². The maximum Gasteiger partial charge on any atom is 0.414 e. The van der Waals surface area contributed by atoms with Crippen LogP contribution >= 0.6 is 0 Å². The molecule has 0 aliphatic carbocycles. The van der Waals surface area contributed by atoms with Crippen molar-refractivity contribution in [1.82, 2.24) is 0 Å². The van der Waals surface area contributed by atoms with Crippen molar-refractivity contribution in [3.63, 3.8) is 0 Å². The second kappa shape index (κ2) is 7.26. The molecule has 0 fully saturated rings. The minimum Gasteiger partial charge on any atom is -0.473 e. The Balaban J connectivity index is -0.000000125. The molecule has 8 heavy (non-hydrogen) atoms. The molecule has 0 amide bonds. The van der Waals surface area contributed by atoms with Crippen molar-refractivity contribution in [2.24, 2.45) is 0 Å². The summed E-state index contributed by atoms with van der Waals surface area (Å²) in [5.74, 6) is -3.65. The molecule has 0 bridgehead atoms. The third-order valence-electron chi connectivity index (χ3n) is 0.183. The van der Waals surface area contributed by atoms with E-state index in [1.54, 1.807) is 0 Å². The van der Waals surface area contributed by atoms with Crippen LogP contribution in [0.5, 0.6) is 0 Å². The van der Waals surface area contributed by atoms with E-state index in [0.29, 0.717) is 0 Å². The quantitative estimate of drug-likeness (QED) is 0.500. The smallest absolute Gasteiger partial charge is 0.414 e. The van der Waals surface area contributed by atoms with Gasteiger partial charge in [-0.15, -0.1) is 0 Å². The van der Waals surface area contributed by atoms with Crippen LogP contribution in [0.1, 0.15) is 0 Å². The average Bonchev–Trinajstić information content (AvgIpc) is 1.36. The van der Waals surface area contributed by atoms with E-state index in [9.17, 15) is 0 Å². The molecule has 0 heterocycles. The summed E-state index contributed by atoms with van der Waals surface area (Å²) in [4.78, 5) is 18.2. The molecular formula is C2H4O5Pr. The number of carboxylic acid groups (broad SMARTS) is 2. The summed E-state index contributed by atoms with van der Waals surface area (Å²) in [6.07, 6.45) is 0. The molecule has 0 aromatic heterocycles.